The molecule has 7 nitrogen and oxygen atoms in total. The van der Waals surface area contributed by atoms with Crippen molar-refractivity contribution >= 4 is 34.5 Å². The Morgan fingerprint density at radius 1 is 0.917 bits per heavy atom. The Morgan fingerprint density at radius 2 is 1.64 bits per heavy atom. The Balaban J connectivity index is 1.64. The average Bonchev–Trinajstić information content (AvgIpc) is 3.21. The van der Waals surface area contributed by atoms with E-state index in [9.17, 15) is 9.59 Å². The van der Waals surface area contributed by atoms with Crippen LogP contribution in [0.2, 0.25) is 0 Å². The molecule has 0 aliphatic carbocycles. The smallest absolute Gasteiger partial charge is 0.337 e. The Kier molecular flexibility index (Phi) is 7.83. The molecule has 2 N–H and O–H groups in total. The molecule has 3 aromatic carbocycles. The summed E-state index contributed by atoms with van der Waals surface area (Å²) in [5.41, 5.74) is 5.93. The second kappa shape index (κ2) is 11.2. The van der Waals surface area contributed by atoms with Gasteiger partial charge in [0.25, 0.3) is 5.91 Å². The number of rotatable bonds is 9. The van der Waals surface area contributed by atoms with Gasteiger partial charge in [0, 0.05) is 30.9 Å². The number of fused-ring (bicyclic) bond motifs is 1. The number of methoxy groups -OCH3 is 1. The summed E-state index contributed by atoms with van der Waals surface area (Å²) in [6.45, 7) is 2.86. The lowest BCUT2D eigenvalue weighted by atomic mass is 9.99. The van der Waals surface area contributed by atoms with Gasteiger partial charge in [0.2, 0.25) is 0 Å². The lowest BCUT2D eigenvalue weighted by molar-refractivity contribution is -0.110. The average molecular weight is 485 g/mol. The lowest BCUT2D eigenvalue weighted by Gasteiger charge is -2.20. The number of nitrogens with zero attached hydrogens (tertiary/aromatic N) is 2. The van der Waals surface area contributed by atoms with Crippen LogP contribution in [0.5, 0.6) is 0 Å². The van der Waals surface area contributed by atoms with Crippen LogP contribution in [-0.2, 0) is 16.1 Å². The zero-order valence-electron chi connectivity index (χ0n) is 21.2. The van der Waals surface area contributed by atoms with E-state index < -0.39 is 5.97 Å². The molecule has 0 radical (unpaired) electrons. The molecule has 0 aromatic heterocycles. The van der Waals surface area contributed by atoms with Crippen LogP contribution >= 0.6 is 0 Å². The van der Waals surface area contributed by atoms with Crippen LogP contribution in [0.1, 0.15) is 27.0 Å². The van der Waals surface area contributed by atoms with E-state index in [2.05, 4.69) is 53.7 Å². The molecule has 0 atom stereocenters. The maximum atomic E-state index is 13.1. The third-order valence-corrected chi connectivity index (χ3v) is 6.10. The molecule has 3 aromatic rings. The minimum absolute atomic E-state index is 0.225. The third kappa shape index (κ3) is 5.82. The first-order valence-electron chi connectivity index (χ1n) is 11.9. The van der Waals surface area contributed by atoms with Crippen molar-refractivity contribution in [3.63, 3.8) is 0 Å². The van der Waals surface area contributed by atoms with E-state index in [1.54, 1.807) is 18.2 Å². The predicted molar refractivity (Wildman–Crippen MR) is 145 cm³/mol. The molecule has 1 heterocycles. The van der Waals surface area contributed by atoms with Crippen LogP contribution in [0, 0.1) is 0 Å². The molecule has 0 bridgehead atoms. The van der Waals surface area contributed by atoms with Gasteiger partial charge in [-0.05, 0) is 56.5 Å². The molecule has 1 aliphatic heterocycles. The Bertz CT molecular complexity index is 1270. The highest BCUT2D eigenvalue weighted by Gasteiger charge is 2.29. The van der Waals surface area contributed by atoms with Gasteiger partial charge in [-0.25, -0.2) is 4.79 Å². The number of ether oxygens (including phenoxy) is 1. The van der Waals surface area contributed by atoms with Gasteiger partial charge in [0.1, 0.15) is 0 Å². The summed E-state index contributed by atoms with van der Waals surface area (Å²) >= 11 is 0. The van der Waals surface area contributed by atoms with Crippen molar-refractivity contribution in [2.24, 2.45) is 0 Å². The Morgan fingerprint density at radius 3 is 2.31 bits per heavy atom. The zero-order chi connectivity index (χ0) is 25.7. The predicted octanol–water partition coefficient (Wildman–Crippen LogP) is 4.40. The summed E-state index contributed by atoms with van der Waals surface area (Å²) < 4.78 is 4.82. The van der Waals surface area contributed by atoms with Crippen molar-refractivity contribution in [1.29, 1.82) is 0 Å². The molecule has 7 heteroatoms. The van der Waals surface area contributed by atoms with Crippen LogP contribution in [0.4, 0.5) is 11.4 Å². The molecule has 0 spiro atoms. The van der Waals surface area contributed by atoms with Crippen molar-refractivity contribution in [3.8, 4) is 0 Å². The summed E-state index contributed by atoms with van der Waals surface area (Å²) in [4.78, 5) is 29.6. The van der Waals surface area contributed by atoms with Crippen molar-refractivity contribution in [3.05, 3.63) is 95.1 Å². The maximum absolute atomic E-state index is 13.1. The Hall–Kier alpha value is -3.94. The number of benzene rings is 3. The second-order valence-corrected chi connectivity index (χ2v) is 9.19. The molecule has 0 saturated heterocycles. The number of nitrogens with one attached hydrogen (secondary N) is 2. The van der Waals surface area contributed by atoms with E-state index in [1.807, 2.05) is 42.5 Å². The van der Waals surface area contributed by atoms with Gasteiger partial charge in [-0.2, -0.15) is 0 Å². The van der Waals surface area contributed by atoms with Crippen LogP contribution in [-0.4, -0.2) is 63.0 Å². The van der Waals surface area contributed by atoms with Gasteiger partial charge in [0.15, 0.2) is 0 Å². The summed E-state index contributed by atoms with van der Waals surface area (Å²) in [6.07, 6.45) is 0. The Labute approximate surface area is 212 Å². The fraction of sp³-hybridized carbons (Fsp3) is 0.241. The number of hydrogen-bond donors (Lipinski definition) is 2. The molecular formula is C29H32N4O3. The molecule has 1 amide bonds. The molecule has 0 fully saturated rings. The topological polar surface area (TPSA) is 73.9 Å². The number of hydrogen-bond acceptors (Lipinski definition) is 6. The van der Waals surface area contributed by atoms with E-state index in [4.69, 9.17) is 4.74 Å². The second-order valence-electron chi connectivity index (χ2n) is 9.19. The quantitative estimate of drug-likeness (QED) is 0.347. The monoisotopic (exact) mass is 484 g/mol. The van der Waals surface area contributed by atoms with Crippen LogP contribution < -0.4 is 10.6 Å². The zero-order valence-corrected chi connectivity index (χ0v) is 21.2. The van der Waals surface area contributed by atoms with E-state index in [0.29, 0.717) is 22.5 Å². The molecule has 36 heavy (non-hydrogen) atoms. The van der Waals surface area contributed by atoms with Crippen molar-refractivity contribution in [2.45, 2.75) is 6.54 Å². The minimum atomic E-state index is -0.446. The highest BCUT2D eigenvalue weighted by Crippen LogP contribution is 2.38. The van der Waals surface area contributed by atoms with Gasteiger partial charge in [0.05, 0.1) is 29.6 Å². The first-order chi connectivity index (χ1) is 17.4. The number of esters is 1. The van der Waals surface area contributed by atoms with E-state index >= 15 is 0 Å². The van der Waals surface area contributed by atoms with Crippen molar-refractivity contribution in [2.75, 3.05) is 52.0 Å². The number of carbonyl (C=O) groups is 2. The normalized spacial score (nSPS) is 14.0. The fourth-order valence-corrected chi connectivity index (χ4v) is 4.15. The van der Waals surface area contributed by atoms with Crippen molar-refractivity contribution < 1.29 is 14.3 Å². The van der Waals surface area contributed by atoms with E-state index in [-0.39, 0.29) is 5.91 Å². The maximum Gasteiger partial charge on any atom is 0.337 e. The van der Waals surface area contributed by atoms with E-state index in [0.717, 1.165) is 36.4 Å². The summed E-state index contributed by atoms with van der Waals surface area (Å²) in [5, 5.41) is 6.38. The molecule has 0 saturated carbocycles. The number of likely N-dealkylation sites (N-methyl/N-ethyl adjacent to an activating group) is 2. The first kappa shape index (κ1) is 25.2. The van der Waals surface area contributed by atoms with Gasteiger partial charge in [-0.3, -0.25) is 4.79 Å². The SMILES string of the molecule is COC(=O)c1ccc2c(c1)NC(=O)C2=C(Nc1ccc(CN(C)CCN(C)C)cc1)c1ccccc1. The van der Waals surface area contributed by atoms with Gasteiger partial charge in [-0.1, -0.05) is 48.5 Å². The van der Waals surface area contributed by atoms with Gasteiger partial charge < -0.3 is 25.2 Å². The summed E-state index contributed by atoms with van der Waals surface area (Å²) in [6, 6.07) is 23.2. The van der Waals surface area contributed by atoms with Gasteiger partial charge >= 0.3 is 5.97 Å². The molecular weight excluding hydrogens is 452 g/mol. The summed E-state index contributed by atoms with van der Waals surface area (Å²) in [5.74, 6) is -0.671. The minimum Gasteiger partial charge on any atom is -0.465 e. The fourth-order valence-electron chi connectivity index (χ4n) is 4.15. The number of anilines is 2. The van der Waals surface area contributed by atoms with Gasteiger partial charge in [-0.15, -0.1) is 0 Å². The third-order valence-electron chi connectivity index (χ3n) is 6.10. The molecule has 4 rings (SSSR count). The molecule has 186 valence electrons. The summed E-state index contributed by atoms with van der Waals surface area (Å²) in [7, 11) is 7.61. The van der Waals surface area contributed by atoms with Crippen LogP contribution in [0.15, 0.2) is 72.8 Å². The van der Waals surface area contributed by atoms with Crippen molar-refractivity contribution in [1.82, 2.24) is 9.80 Å². The highest BCUT2D eigenvalue weighted by atomic mass is 16.5. The van der Waals surface area contributed by atoms with Crippen LogP contribution in [0.3, 0.4) is 0 Å². The first-order valence-corrected chi connectivity index (χ1v) is 11.9. The highest BCUT2D eigenvalue weighted by molar-refractivity contribution is 6.37. The molecule has 0 unspecified atom stereocenters. The number of carbonyl (C=O) groups excluding carboxylic acids is 2. The largest absolute Gasteiger partial charge is 0.465 e. The van der Waals surface area contributed by atoms with E-state index in [1.165, 1.54) is 12.7 Å². The van der Waals surface area contributed by atoms with Crippen LogP contribution in [0.25, 0.3) is 11.3 Å². The number of amides is 1. The molecule has 1 aliphatic rings. The standard InChI is InChI=1S/C29H32N4O3/c1-32(2)16-17-33(3)19-20-10-13-23(14-11-20)30-27(21-8-6-5-7-9-21)26-24-15-12-22(29(35)36-4)18-25(24)31-28(26)34/h5-15,18,30H,16-17,19H2,1-4H3,(H,31,34). The lowest BCUT2D eigenvalue weighted by Crippen LogP contribution is -2.28.